The molecule has 8 rings (SSSR count). The lowest BCUT2D eigenvalue weighted by Gasteiger charge is -2.29. The van der Waals surface area contributed by atoms with Crippen LogP contribution in [-0.4, -0.2) is 123 Å². The van der Waals surface area contributed by atoms with E-state index < -0.39 is 12.2 Å². The maximum absolute atomic E-state index is 14.4. The fourth-order valence-electron chi connectivity index (χ4n) is 6.56. The van der Waals surface area contributed by atoms with Crippen molar-refractivity contribution in [3.63, 3.8) is 0 Å². The molecule has 0 bridgehead atoms. The number of ether oxygens (including phenoxy) is 4. The van der Waals surface area contributed by atoms with Gasteiger partial charge in [-0.05, 0) is 73.0 Å². The van der Waals surface area contributed by atoms with E-state index in [1.165, 1.54) is 55.6 Å². The lowest BCUT2D eigenvalue weighted by molar-refractivity contribution is 0.122. The van der Waals surface area contributed by atoms with Crippen molar-refractivity contribution in [1.29, 1.82) is 0 Å². The third kappa shape index (κ3) is 10.8. The van der Waals surface area contributed by atoms with Crippen LogP contribution < -0.4 is 36.5 Å². The number of anilines is 4. The van der Waals surface area contributed by atoms with Gasteiger partial charge in [0, 0.05) is 57.3 Å². The van der Waals surface area contributed by atoms with Gasteiger partial charge >= 0.3 is 12.2 Å². The number of carbonyl (C=O) groups is 2. The first-order valence-electron chi connectivity index (χ1n) is 18.9. The van der Waals surface area contributed by atoms with Gasteiger partial charge in [0.15, 0.2) is 5.11 Å². The summed E-state index contributed by atoms with van der Waals surface area (Å²) in [6.07, 6.45) is 1.35. The van der Waals surface area contributed by atoms with Gasteiger partial charge in [0.2, 0.25) is 0 Å². The van der Waals surface area contributed by atoms with Crippen molar-refractivity contribution in [2.45, 2.75) is 12.2 Å². The number of aromatic nitrogens is 2. The van der Waals surface area contributed by atoms with Crippen molar-refractivity contribution in [3.8, 4) is 0 Å². The molecule has 2 atom stereocenters. The van der Waals surface area contributed by atoms with Crippen LogP contribution in [0.2, 0.25) is 0 Å². The van der Waals surface area contributed by atoms with E-state index in [0.717, 1.165) is 0 Å². The highest BCUT2D eigenvalue weighted by Crippen LogP contribution is 2.30. The second-order valence-corrected chi connectivity index (χ2v) is 14.0. The second-order valence-electron chi connectivity index (χ2n) is 13.5. The number of thiocarbonyl (C=S) groups is 2. The maximum atomic E-state index is 14.4. The Bertz CT molecular complexity index is 2280. The van der Waals surface area contributed by atoms with Gasteiger partial charge in [-0.3, -0.25) is 28.5 Å². The number of carbonyl (C=O) groups excluding carboxylic acids is 2. The summed E-state index contributed by atoms with van der Waals surface area (Å²) in [6.45, 7) is 6.19. The van der Waals surface area contributed by atoms with Crippen molar-refractivity contribution in [2.24, 2.45) is 10.7 Å². The smallest absolute Gasteiger partial charge is 0.414 e. The quantitative estimate of drug-likeness (QED) is 0.211. The zero-order valence-corrected chi connectivity index (χ0v) is 33.9. The predicted molar refractivity (Wildman–Crippen MR) is 228 cm³/mol. The molecular formula is C40H42F2N8O8S2. The number of rotatable bonds is 7. The summed E-state index contributed by atoms with van der Waals surface area (Å²) in [4.78, 5) is 57.1. The Morgan fingerprint density at radius 3 is 1.55 bits per heavy atom. The van der Waals surface area contributed by atoms with Crippen LogP contribution in [0.25, 0.3) is 0 Å². The highest BCUT2D eigenvalue weighted by Gasteiger charge is 2.33. The summed E-state index contributed by atoms with van der Waals surface area (Å²) in [5.41, 5.74) is 6.98. The van der Waals surface area contributed by atoms with Crippen molar-refractivity contribution in [2.75, 3.05) is 98.4 Å². The zero-order chi connectivity index (χ0) is 42.6. The number of amides is 2. The highest BCUT2D eigenvalue weighted by atomic mass is 32.1. The largest absolute Gasteiger partial charge is 0.443 e. The Balaban J connectivity index is 0.000000153. The number of isothiocyanates is 1. The molecule has 316 valence electrons. The van der Waals surface area contributed by atoms with Gasteiger partial charge in [-0.1, -0.05) is 12.1 Å². The molecule has 20 heteroatoms. The lowest BCUT2D eigenvalue weighted by Crippen LogP contribution is -2.36. The molecule has 16 nitrogen and oxygen atoms in total. The number of halogens is 2. The maximum Gasteiger partial charge on any atom is 0.414 e. The van der Waals surface area contributed by atoms with Gasteiger partial charge in [0.1, 0.15) is 23.8 Å². The minimum absolute atomic E-state index is 0.149. The molecule has 4 saturated heterocycles. The van der Waals surface area contributed by atoms with Crippen LogP contribution >= 0.6 is 24.4 Å². The van der Waals surface area contributed by atoms with E-state index in [0.29, 0.717) is 88.4 Å². The molecule has 4 fully saturated rings. The molecule has 2 amide bonds. The molecule has 6 heterocycles. The van der Waals surface area contributed by atoms with Crippen molar-refractivity contribution >= 4 is 69.6 Å². The van der Waals surface area contributed by atoms with Crippen LogP contribution in [0, 0.1) is 11.6 Å². The van der Waals surface area contributed by atoms with E-state index in [1.807, 2.05) is 9.80 Å². The third-order valence-corrected chi connectivity index (χ3v) is 10.1. The van der Waals surface area contributed by atoms with E-state index in [4.69, 9.17) is 36.9 Å². The number of nitrogens with two attached hydrogens (primary N) is 1. The van der Waals surface area contributed by atoms with Crippen LogP contribution in [0.3, 0.4) is 0 Å². The number of hydrogen-bond acceptors (Lipinski definition) is 14. The fourth-order valence-corrected chi connectivity index (χ4v) is 6.93. The lowest BCUT2D eigenvalue weighted by atomic mass is 10.2. The van der Waals surface area contributed by atoms with E-state index >= 15 is 0 Å². The summed E-state index contributed by atoms with van der Waals surface area (Å²) >= 11 is 9.59. The Kier molecular flexibility index (Phi) is 15.2. The van der Waals surface area contributed by atoms with Crippen molar-refractivity contribution in [1.82, 2.24) is 9.13 Å². The fraction of sp³-hybridized carbons (Fsp3) is 0.350. The SMILES string of the molecule is NCC1CN(c2ccc(N3CCOCC3)c(F)c2)C(=O)O1.O=C1OC(CN=C=S)CN1c1ccc(N2CCOCC2)c(F)c1.O=c1ccccn1C(=S)n1ccccc1=O. The number of morpholine rings is 2. The Morgan fingerprint density at radius 2 is 1.15 bits per heavy atom. The van der Waals surface area contributed by atoms with Gasteiger partial charge in [0.25, 0.3) is 11.1 Å². The van der Waals surface area contributed by atoms with E-state index in [1.54, 1.807) is 48.5 Å². The standard InChI is InChI=1S/C15H16FN3O3S.C14H18FN3O3.C11H8N2O2S/c16-13-7-11(1-2-14(13)18-3-5-21-6-4-18)19-9-12(8-17-10-23)22-15(19)20;15-12-7-10(18-9-11(8-16)21-14(18)19)1-2-13(12)17-3-5-20-6-4-17;14-9-5-1-3-7-12(9)11(16)13-8-4-2-6-10(13)15/h1-2,7,12H,3-6,8-9H2;1-2,7,11H,3-6,8-9,16H2;1-8H. The average Bonchev–Trinajstić information content (AvgIpc) is 3.85. The van der Waals surface area contributed by atoms with Crippen LogP contribution in [0.4, 0.5) is 41.1 Å². The molecule has 60 heavy (non-hydrogen) atoms. The van der Waals surface area contributed by atoms with Gasteiger partial charge in [0.05, 0.1) is 74.0 Å². The molecular weight excluding hydrogens is 823 g/mol. The van der Waals surface area contributed by atoms with Crippen molar-refractivity contribution < 1.29 is 37.3 Å². The van der Waals surface area contributed by atoms with Gasteiger partial charge in [-0.15, -0.1) is 0 Å². The van der Waals surface area contributed by atoms with Gasteiger partial charge < -0.3 is 34.5 Å². The summed E-state index contributed by atoms with van der Waals surface area (Å²) in [7, 11) is 0. The van der Waals surface area contributed by atoms with Crippen LogP contribution in [0.15, 0.2) is 99.8 Å². The first kappa shape index (κ1) is 43.7. The summed E-state index contributed by atoms with van der Waals surface area (Å²) in [5, 5.41) is 2.39. The average molecular weight is 865 g/mol. The second kappa shape index (κ2) is 20.9. The minimum atomic E-state index is -0.506. The monoisotopic (exact) mass is 864 g/mol. The van der Waals surface area contributed by atoms with E-state index in [2.05, 4.69) is 22.4 Å². The molecule has 0 radical (unpaired) electrons. The number of nitrogens with zero attached hydrogens (tertiary/aromatic N) is 7. The zero-order valence-electron chi connectivity index (χ0n) is 32.3. The molecule has 2 unspecified atom stereocenters. The molecule has 0 saturated carbocycles. The minimum Gasteiger partial charge on any atom is -0.443 e. The molecule has 0 aliphatic carbocycles. The summed E-state index contributed by atoms with van der Waals surface area (Å²) in [6, 6.07) is 18.9. The number of pyridine rings is 2. The molecule has 0 spiro atoms. The number of benzene rings is 2. The number of hydrogen-bond donors (Lipinski definition) is 1. The Hall–Kier alpha value is -5.89. The van der Waals surface area contributed by atoms with Crippen LogP contribution in [0.5, 0.6) is 0 Å². The molecule has 2 aromatic carbocycles. The van der Waals surface area contributed by atoms with E-state index in [-0.39, 0.29) is 53.2 Å². The molecule has 4 aliphatic heterocycles. The van der Waals surface area contributed by atoms with Gasteiger partial charge in [-0.2, -0.15) is 0 Å². The molecule has 2 aromatic heterocycles. The Morgan fingerprint density at radius 1 is 0.700 bits per heavy atom. The molecule has 2 N–H and O–H groups in total. The van der Waals surface area contributed by atoms with E-state index in [9.17, 15) is 28.0 Å². The summed E-state index contributed by atoms with van der Waals surface area (Å²) < 4.78 is 52.0. The van der Waals surface area contributed by atoms with Crippen LogP contribution in [0.1, 0.15) is 0 Å². The predicted octanol–water partition coefficient (Wildman–Crippen LogP) is 3.73. The first-order valence-corrected chi connectivity index (χ1v) is 19.7. The number of aliphatic imine (C=N–C) groups is 1. The first-order chi connectivity index (χ1) is 29.1. The topological polar surface area (TPSA) is 166 Å². The molecule has 4 aromatic rings. The molecule has 4 aliphatic rings. The number of cyclic esters (lactones) is 2. The summed E-state index contributed by atoms with van der Waals surface area (Å²) in [5.74, 6) is -0.712. The van der Waals surface area contributed by atoms with Crippen molar-refractivity contribution in [3.05, 3.63) is 118 Å². The Labute approximate surface area is 353 Å². The highest BCUT2D eigenvalue weighted by molar-refractivity contribution is 7.80. The van der Waals surface area contributed by atoms with Gasteiger partial charge in [-0.25, -0.2) is 23.4 Å². The van der Waals surface area contributed by atoms with Crippen LogP contribution in [-0.2, 0) is 18.9 Å². The third-order valence-electron chi connectivity index (χ3n) is 9.62. The normalized spacial score (nSPS) is 18.6.